The van der Waals surface area contributed by atoms with Crippen molar-refractivity contribution in [2.24, 2.45) is 5.73 Å². The van der Waals surface area contributed by atoms with Gasteiger partial charge in [-0.3, -0.25) is 4.79 Å². The number of carbonyl (C=O) groups excluding carboxylic acids is 1. The summed E-state index contributed by atoms with van der Waals surface area (Å²) in [5, 5.41) is 2.66. The number of nitrogens with one attached hydrogen (secondary N) is 1. The fourth-order valence-electron chi connectivity index (χ4n) is 1.79. The van der Waals surface area contributed by atoms with E-state index in [2.05, 4.69) is 5.32 Å². The zero-order chi connectivity index (χ0) is 12.8. The van der Waals surface area contributed by atoms with Crippen LogP contribution in [0.15, 0.2) is 12.1 Å². The molecule has 4 nitrogen and oxygen atoms in total. The van der Waals surface area contributed by atoms with Gasteiger partial charge in [0.2, 0.25) is 0 Å². The van der Waals surface area contributed by atoms with Gasteiger partial charge in [-0.15, -0.1) is 12.4 Å². The van der Waals surface area contributed by atoms with Gasteiger partial charge in [0.15, 0.2) is 6.61 Å². The molecule has 0 aromatic heterocycles. The standard InChI is InChI=1S/C13H20N2O2.ClH/c1-9-6-10(2)13(11(3)7-9)17-8-12(16)15-5-4-14;/h6-7H,4-5,8,14H2,1-3H3,(H,15,16);1H. The van der Waals surface area contributed by atoms with Crippen LogP contribution < -0.4 is 15.8 Å². The normalized spacial score (nSPS) is 9.56. The van der Waals surface area contributed by atoms with Gasteiger partial charge in [-0.05, 0) is 31.9 Å². The van der Waals surface area contributed by atoms with Gasteiger partial charge in [-0.1, -0.05) is 17.7 Å². The SMILES string of the molecule is Cc1cc(C)c(OCC(=O)NCCN)c(C)c1.Cl. The first-order valence-corrected chi connectivity index (χ1v) is 5.72. The number of hydrogen-bond donors (Lipinski definition) is 2. The summed E-state index contributed by atoms with van der Waals surface area (Å²) in [5.41, 5.74) is 8.59. The Morgan fingerprint density at radius 3 is 2.33 bits per heavy atom. The van der Waals surface area contributed by atoms with E-state index in [4.69, 9.17) is 10.5 Å². The van der Waals surface area contributed by atoms with E-state index in [-0.39, 0.29) is 24.9 Å². The monoisotopic (exact) mass is 272 g/mol. The molecule has 0 aliphatic carbocycles. The summed E-state index contributed by atoms with van der Waals surface area (Å²) < 4.78 is 5.53. The molecule has 5 heteroatoms. The highest BCUT2D eigenvalue weighted by Gasteiger charge is 2.07. The minimum absolute atomic E-state index is 0. The summed E-state index contributed by atoms with van der Waals surface area (Å²) in [7, 11) is 0. The number of rotatable bonds is 5. The van der Waals surface area contributed by atoms with E-state index in [1.54, 1.807) is 0 Å². The summed E-state index contributed by atoms with van der Waals surface area (Å²) in [5.74, 6) is 0.647. The summed E-state index contributed by atoms with van der Waals surface area (Å²) >= 11 is 0. The third kappa shape index (κ3) is 4.94. The van der Waals surface area contributed by atoms with E-state index in [9.17, 15) is 4.79 Å². The van der Waals surface area contributed by atoms with Crippen molar-refractivity contribution in [2.75, 3.05) is 19.7 Å². The van der Waals surface area contributed by atoms with Gasteiger partial charge in [0.05, 0.1) is 0 Å². The van der Waals surface area contributed by atoms with Gasteiger partial charge in [-0.2, -0.15) is 0 Å². The van der Waals surface area contributed by atoms with Crippen LogP contribution in [0, 0.1) is 20.8 Å². The average molecular weight is 273 g/mol. The maximum absolute atomic E-state index is 11.4. The summed E-state index contributed by atoms with van der Waals surface area (Å²) in [4.78, 5) is 11.4. The lowest BCUT2D eigenvalue weighted by Crippen LogP contribution is -2.33. The van der Waals surface area contributed by atoms with Gasteiger partial charge in [-0.25, -0.2) is 0 Å². The van der Waals surface area contributed by atoms with E-state index in [0.29, 0.717) is 13.1 Å². The minimum Gasteiger partial charge on any atom is -0.483 e. The molecule has 1 aromatic carbocycles. The molecule has 18 heavy (non-hydrogen) atoms. The van der Waals surface area contributed by atoms with Crippen LogP contribution in [0.2, 0.25) is 0 Å². The van der Waals surface area contributed by atoms with Crippen molar-refractivity contribution in [3.05, 3.63) is 28.8 Å². The smallest absolute Gasteiger partial charge is 0.257 e. The van der Waals surface area contributed by atoms with Crippen LogP contribution in [0.25, 0.3) is 0 Å². The maximum Gasteiger partial charge on any atom is 0.257 e. The van der Waals surface area contributed by atoms with Crippen molar-refractivity contribution in [3.63, 3.8) is 0 Å². The molecule has 0 spiro atoms. The Hall–Kier alpha value is -1.26. The van der Waals surface area contributed by atoms with Gasteiger partial charge < -0.3 is 15.8 Å². The molecule has 0 fully saturated rings. The second-order valence-electron chi connectivity index (χ2n) is 4.16. The third-order valence-corrected chi connectivity index (χ3v) is 2.42. The molecule has 0 aliphatic heterocycles. The Kier molecular flexibility index (Phi) is 7.39. The first kappa shape index (κ1) is 16.7. The molecule has 0 atom stereocenters. The molecule has 1 aromatic rings. The molecule has 0 bridgehead atoms. The third-order valence-electron chi connectivity index (χ3n) is 2.42. The van der Waals surface area contributed by atoms with Crippen LogP contribution in [-0.2, 0) is 4.79 Å². The highest BCUT2D eigenvalue weighted by molar-refractivity contribution is 5.85. The molecule has 0 unspecified atom stereocenters. The van der Waals surface area contributed by atoms with Crippen LogP contribution in [-0.4, -0.2) is 25.6 Å². The number of ether oxygens (including phenoxy) is 1. The molecule has 0 aliphatic rings. The number of carbonyl (C=O) groups is 1. The number of halogens is 1. The Morgan fingerprint density at radius 2 is 1.83 bits per heavy atom. The van der Waals surface area contributed by atoms with Crippen molar-refractivity contribution in [1.29, 1.82) is 0 Å². The summed E-state index contributed by atoms with van der Waals surface area (Å²) in [6.45, 7) is 6.95. The Labute approximate surface area is 114 Å². The average Bonchev–Trinajstić information content (AvgIpc) is 2.24. The summed E-state index contributed by atoms with van der Waals surface area (Å²) in [6, 6.07) is 4.08. The van der Waals surface area contributed by atoms with E-state index < -0.39 is 0 Å². The largest absolute Gasteiger partial charge is 0.483 e. The van der Waals surface area contributed by atoms with E-state index in [1.165, 1.54) is 5.56 Å². The van der Waals surface area contributed by atoms with E-state index >= 15 is 0 Å². The summed E-state index contributed by atoms with van der Waals surface area (Å²) in [6.07, 6.45) is 0. The van der Waals surface area contributed by atoms with E-state index in [0.717, 1.165) is 16.9 Å². The Bertz CT molecular complexity index is 385. The number of aryl methyl sites for hydroxylation is 3. The van der Waals surface area contributed by atoms with Crippen LogP contribution in [0.3, 0.4) is 0 Å². The van der Waals surface area contributed by atoms with Crippen molar-refractivity contribution >= 4 is 18.3 Å². The minimum atomic E-state index is -0.144. The van der Waals surface area contributed by atoms with Gasteiger partial charge in [0, 0.05) is 13.1 Å². The molecular weight excluding hydrogens is 252 g/mol. The quantitative estimate of drug-likeness (QED) is 0.854. The number of amides is 1. The fraction of sp³-hybridized carbons (Fsp3) is 0.462. The second kappa shape index (κ2) is 7.95. The predicted molar refractivity (Wildman–Crippen MR) is 75.5 cm³/mol. The van der Waals surface area contributed by atoms with Crippen molar-refractivity contribution in [2.45, 2.75) is 20.8 Å². The van der Waals surface area contributed by atoms with E-state index in [1.807, 2.05) is 32.9 Å². The fourth-order valence-corrected chi connectivity index (χ4v) is 1.79. The van der Waals surface area contributed by atoms with Crippen LogP contribution in [0.1, 0.15) is 16.7 Å². The van der Waals surface area contributed by atoms with Crippen molar-refractivity contribution in [3.8, 4) is 5.75 Å². The maximum atomic E-state index is 11.4. The molecule has 3 N–H and O–H groups in total. The number of hydrogen-bond acceptors (Lipinski definition) is 3. The lowest BCUT2D eigenvalue weighted by molar-refractivity contribution is -0.123. The molecule has 0 heterocycles. The predicted octanol–water partition coefficient (Wildman–Crippen LogP) is 1.49. The number of nitrogens with two attached hydrogens (primary N) is 1. The zero-order valence-corrected chi connectivity index (χ0v) is 11.9. The Morgan fingerprint density at radius 1 is 1.28 bits per heavy atom. The van der Waals surface area contributed by atoms with Crippen molar-refractivity contribution in [1.82, 2.24) is 5.32 Å². The first-order chi connectivity index (χ1) is 8.04. The molecule has 0 saturated heterocycles. The van der Waals surface area contributed by atoms with Gasteiger partial charge in [0.25, 0.3) is 5.91 Å². The van der Waals surface area contributed by atoms with Gasteiger partial charge in [0.1, 0.15) is 5.75 Å². The first-order valence-electron chi connectivity index (χ1n) is 5.72. The Balaban J connectivity index is 0.00000289. The molecule has 1 rings (SSSR count). The van der Waals surface area contributed by atoms with Crippen LogP contribution in [0.4, 0.5) is 0 Å². The second-order valence-corrected chi connectivity index (χ2v) is 4.16. The van der Waals surface area contributed by atoms with Gasteiger partial charge >= 0.3 is 0 Å². The van der Waals surface area contributed by atoms with Crippen molar-refractivity contribution < 1.29 is 9.53 Å². The number of benzene rings is 1. The molecule has 102 valence electrons. The lowest BCUT2D eigenvalue weighted by Gasteiger charge is -2.12. The van der Waals surface area contributed by atoms with Crippen LogP contribution >= 0.6 is 12.4 Å². The lowest BCUT2D eigenvalue weighted by atomic mass is 10.1. The topological polar surface area (TPSA) is 64.3 Å². The highest BCUT2D eigenvalue weighted by Crippen LogP contribution is 2.24. The van der Waals surface area contributed by atoms with Crippen LogP contribution in [0.5, 0.6) is 5.75 Å². The zero-order valence-electron chi connectivity index (χ0n) is 11.1. The highest BCUT2D eigenvalue weighted by atomic mass is 35.5. The molecule has 1 amide bonds. The molecule has 0 radical (unpaired) electrons. The molecular formula is C13H21ClN2O2. The molecule has 0 saturated carbocycles.